The highest BCUT2D eigenvalue weighted by atomic mass is 127. The Labute approximate surface area is 178 Å². The van der Waals surface area contributed by atoms with Crippen LogP contribution in [0.5, 0.6) is 5.75 Å². The quantitative estimate of drug-likeness (QED) is 0.324. The van der Waals surface area contributed by atoms with Crippen molar-refractivity contribution in [3.63, 3.8) is 0 Å². The zero-order chi connectivity index (χ0) is 19.7. The van der Waals surface area contributed by atoms with Gasteiger partial charge in [-0.3, -0.25) is 4.99 Å². The van der Waals surface area contributed by atoms with Crippen LogP contribution in [0.4, 0.5) is 13.2 Å². The number of guanidine groups is 1. The predicted octanol–water partition coefficient (Wildman–Crippen LogP) is 2.76. The molecule has 0 saturated carbocycles. The van der Waals surface area contributed by atoms with Crippen LogP contribution in [0.3, 0.4) is 0 Å². The number of hydrogen-bond donors (Lipinski definition) is 2. The van der Waals surface area contributed by atoms with Gasteiger partial charge in [-0.05, 0) is 6.07 Å². The molecule has 1 aromatic carbocycles. The van der Waals surface area contributed by atoms with Crippen molar-refractivity contribution in [2.75, 3.05) is 20.2 Å². The van der Waals surface area contributed by atoms with Crippen LogP contribution in [-0.2, 0) is 19.5 Å². The average Bonchev–Trinajstić information content (AvgIpc) is 3.10. The van der Waals surface area contributed by atoms with Crippen LogP contribution < -0.4 is 15.4 Å². The molecule has 28 heavy (non-hydrogen) atoms. The predicted molar refractivity (Wildman–Crippen MR) is 111 cm³/mol. The molecule has 0 aliphatic heterocycles. The molecule has 0 spiro atoms. The Morgan fingerprint density at radius 1 is 1.25 bits per heavy atom. The average molecular weight is 512 g/mol. The Hall–Kier alpha value is -2.05. The summed E-state index contributed by atoms with van der Waals surface area (Å²) in [5, 5.41) is 14.1. The van der Waals surface area contributed by atoms with Gasteiger partial charge in [0, 0.05) is 38.7 Å². The number of nitrogens with zero attached hydrogens (tertiary/aromatic N) is 4. The zero-order valence-electron chi connectivity index (χ0n) is 15.7. The van der Waals surface area contributed by atoms with E-state index in [9.17, 15) is 13.2 Å². The summed E-state index contributed by atoms with van der Waals surface area (Å²) in [6.45, 7) is 2.22. The highest BCUT2D eigenvalue weighted by Crippen LogP contribution is 2.22. The minimum absolute atomic E-state index is 0. The second-order valence-corrected chi connectivity index (χ2v) is 5.66. The van der Waals surface area contributed by atoms with Crippen LogP contribution in [0.2, 0.25) is 0 Å². The third-order valence-corrected chi connectivity index (χ3v) is 3.69. The number of alkyl halides is 3. The molecular formula is C17H24F3IN6O. The number of halogens is 4. The van der Waals surface area contributed by atoms with Gasteiger partial charge in [-0.1, -0.05) is 25.1 Å². The van der Waals surface area contributed by atoms with Crippen molar-refractivity contribution in [2.24, 2.45) is 4.99 Å². The van der Waals surface area contributed by atoms with Gasteiger partial charge >= 0.3 is 6.18 Å². The fourth-order valence-electron chi connectivity index (χ4n) is 2.38. The summed E-state index contributed by atoms with van der Waals surface area (Å²) in [6.07, 6.45) is -1.91. The summed E-state index contributed by atoms with van der Waals surface area (Å²) < 4.78 is 43.9. The SMILES string of the molecule is CCc1nncn1CCNC(=NC)NCc1ccccc1OCC(F)(F)F.I. The molecular weight excluding hydrogens is 488 g/mol. The molecule has 0 atom stereocenters. The van der Waals surface area contributed by atoms with Crippen LogP contribution in [0.15, 0.2) is 35.6 Å². The number of nitrogens with one attached hydrogen (secondary N) is 2. The first-order chi connectivity index (χ1) is 12.9. The number of ether oxygens (including phenoxy) is 1. The first-order valence-electron chi connectivity index (χ1n) is 8.51. The van der Waals surface area contributed by atoms with E-state index in [1.807, 2.05) is 11.5 Å². The Kier molecular flexibility index (Phi) is 10.0. The minimum atomic E-state index is -4.38. The number of aliphatic imine (C=N–C) groups is 1. The van der Waals surface area contributed by atoms with Crippen molar-refractivity contribution in [3.05, 3.63) is 42.0 Å². The molecule has 7 nitrogen and oxygen atoms in total. The Bertz CT molecular complexity index is 750. The summed E-state index contributed by atoms with van der Waals surface area (Å²) in [6, 6.07) is 6.59. The lowest BCUT2D eigenvalue weighted by atomic mass is 10.2. The van der Waals surface area contributed by atoms with Crippen LogP contribution in [0.1, 0.15) is 18.3 Å². The van der Waals surface area contributed by atoms with Gasteiger partial charge in [-0.15, -0.1) is 34.2 Å². The maximum atomic E-state index is 12.4. The minimum Gasteiger partial charge on any atom is -0.484 e. The van der Waals surface area contributed by atoms with Gasteiger partial charge in [0.05, 0.1) is 0 Å². The number of aryl methyl sites for hydroxylation is 1. The molecule has 0 amide bonds. The standard InChI is InChI=1S/C17H23F3N6O.HI/c1-3-15-25-24-12-26(15)9-8-22-16(21-2)23-10-13-6-4-5-7-14(13)27-11-17(18,19)20;/h4-7,12H,3,8-11H2,1-2H3,(H2,21,22,23);1H. The van der Waals surface area contributed by atoms with Crippen molar-refractivity contribution in [1.29, 1.82) is 0 Å². The van der Waals surface area contributed by atoms with E-state index in [-0.39, 0.29) is 36.3 Å². The molecule has 11 heteroatoms. The second-order valence-electron chi connectivity index (χ2n) is 5.66. The van der Waals surface area contributed by atoms with Crippen LogP contribution in [0.25, 0.3) is 0 Å². The Balaban J connectivity index is 0.00000392. The summed E-state index contributed by atoms with van der Waals surface area (Å²) in [7, 11) is 1.62. The number of aromatic nitrogens is 3. The van der Waals surface area contributed by atoms with Crippen molar-refractivity contribution in [1.82, 2.24) is 25.4 Å². The number of benzene rings is 1. The van der Waals surface area contributed by atoms with Crippen molar-refractivity contribution in [2.45, 2.75) is 32.6 Å². The highest BCUT2D eigenvalue weighted by Gasteiger charge is 2.28. The lowest BCUT2D eigenvalue weighted by Crippen LogP contribution is -2.38. The van der Waals surface area contributed by atoms with E-state index in [0.717, 1.165) is 12.2 Å². The number of para-hydroxylation sites is 1. The Morgan fingerprint density at radius 2 is 2.00 bits per heavy atom. The lowest BCUT2D eigenvalue weighted by molar-refractivity contribution is -0.153. The molecule has 0 fully saturated rings. The van der Waals surface area contributed by atoms with E-state index >= 15 is 0 Å². The molecule has 156 valence electrons. The van der Waals surface area contributed by atoms with Crippen molar-refractivity contribution >= 4 is 29.9 Å². The lowest BCUT2D eigenvalue weighted by Gasteiger charge is -2.16. The maximum Gasteiger partial charge on any atom is 0.422 e. The van der Waals surface area contributed by atoms with Gasteiger partial charge in [-0.2, -0.15) is 13.2 Å². The van der Waals surface area contributed by atoms with Gasteiger partial charge < -0.3 is 19.9 Å². The maximum absolute atomic E-state index is 12.4. The first kappa shape index (κ1) is 24.0. The van der Waals surface area contributed by atoms with E-state index in [4.69, 9.17) is 4.74 Å². The molecule has 2 aromatic rings. The third kappa shape index (κ3) is 7.90. The highest BCUT2D eigenvalue weighted by molar-refractivity contribution is 14.0. The van der Waals surface area contributed by atoms with Crippen LogP contribution >= 0.6 is 24.0 Å². The fraction of sp³-hybridized carbons (Fsp3) is 0.471. The summed E-state index contributed by atoms with van der Waals surface area (Å²) >= 11 is 0. The van der Waals surface area contributed by atoms with E-state index < -0.39 is 12.8 Å². The topological polar surface area (TPSA) is 76.4 Å². The zero-order valence-corrected chi connectivity index (χ0v) is 18.0. The summed E-state index contributed by atoms with van der Waals surface area (Å²) in [4.78, 5) is 4.11. The molecule has 2 rings (SSSR count). The van der Waals surface area contributed by atoms with Gasteiger partial charge in [0.2, 0.25) is 0 Å². The molecule has 0 aliphatic carbocycles. The molecule has 0 bridgehead atoms. The van der Waals surface area contributed by atoms with Gasteiger partial charge in [-0.25, -0.2) is 0 Å². The van der Waals surface area contributed by atoms with Crippen molar-refractivity contribution in [3.8, 4) is 5.75 Å². The summed E-state index contributed by atoms with van der Waals surface area (Å²) in [5.74, 6) is 1.62. The van der Waals surface area contributed by atoms with E-state index in [1.165, 1.54) is 6.07 Å². The van der Waals surface area contributed by atoms with Crippen LogP contribution in [-0.4, -0.2) is 47.1 Å². The molecule has 1 heterocycles. The molecule has 0 radical (unpaired) electrons. The first-order valence-corrected chi connectivity index (χ1v) is 8.51. The van der Waals surface area contributed by atoms with Gasteiger partial charge in [0.25, 0.3) is 0 Å². The third-order valence-electron chi connectivity index (χ3n) is 3.69. The monoisotopic (exact) mass is 512 g/mol. The second kappa shape index (κ2) is 11.7. The molecule has 0 unspecified atom stereocenters. The number of hydrogen-bond acceptors (Lipinski definition) is 4. The van der Waals surface area contributed by atoms with Crippen LogP contribution in [0, 0.1) is 0 Å². The number of rotatable bonds is 8. The molecule has 0 saturated heterocycles. The van der Waals surface area contributed by atoms with Gasteiger partial charge in [0.1, 0.15) is 17.9 Å². The van der Waals surface area contributed by atoms with Gasteiger partial charge in [0.15, 0.2) is 12.6 Å². The Morgan fingerprint density at radius 3 is 2.68 bits per heavy atom. The fourth-order valence-corrected chi connectivity index (χ4v) is 2.38. The largest absolute Gasteiger partial charge is 0.484 e. The summed E-state index contributed by atoms with van der Waals surface area (Å²) in [5.41, 5.74) is 0.608. The van der Waals surface area contributed by atoms with E-state index in [2.05, 4.69) is 25.8 Å². The molecule has 2 N–H and O–H groups in total. The smallest absolute Gasteiger partial charge is 0.422 e. The van der Waals surface area contributed by atoms with E-state index in [1.54, 1.807) is 31.6 Å². The molecule has 0 aliphatic rings. The van der Waals surface area contributed by atoms with E-state index in [0.29, 0.717) is 24.6 Å². The normalized spacial score (nSPS) is 11.7. The molecule has 1 aromatic heterocycles. The van der Waals surface area contributed by atoms with Crippen molar-refractivity contribution < 1.29 is 17.9 Å².